The molecular weight excluding hydrogens is 1500 g/mol. The number of halogens is 8. The van der Waals surface area contributed by atoms with Crippen molar-refractivity contribution in [2.45, 2.75) is 171 Å². The van der Waals surface area contributed by atoms with Gasteiger partial charge in [0.2, 0.25) is 46.9 Å². The van der Waals surface area contributed by atoms with Crippen LogP contribution in [0.2, 0.25) is 5.28 Å². The van der Waals surface area contributed by atoms with Gasteiger partial charge in [0.05, 0.1) is 74.1 Å². The Labute approximate surface area is 624 Å². The molecule has 5 fully saturated rings. The van der Waals surface area contributed by atoms with E-state index in [0.717, 1.165) is 38.6 Å². The van der Waals surface area contributed by atoms with Crippen molar-refractivity contribution in [1.29, 1.82) is 0 Å². The molecule has 5 aromatic heterocycles. The van der Waals surface area contributed by atoms with Gasteiger partial charge < -0.3 is 72.5 Å². The van der Waals surface area contributed by atoms with Crippen LogP contribution in [-0.4, -0.2) is 230 Å². The number of alkyl halides is 6. The number of nitrogens with zero attached hydrogens (tertiary/aromatic N) is 18. The van der Waals surface area contributed by atoms with Gasteiger partial charge in [0.25, 0.3) is 19.3 Å². The van der Waals surface area contributed by atoms with Crippen LogP contribution in [0.15, 0.2) is 23.1 Å². The molecule has 42 heteroatoms. The van der Waals surface area contributed by atoms with Gasteiger partial charge in [-0.2, -0.15) is 29.9 Å². The number of hydrogen-bond donors (Lipinski definition) is 1. The quantitative estimate of drug-likeness (QED) is 0.0729. The number of aromatic nitrogens is 12. The minimum absolute atomic E-state index is 0. The van der Waals surface area contributed by atoms with Crippen molar-refractivity contribution in [2.24, 2.45) is 0 Å². The highest BCUT2D eigenvalue weighted by molar-refractivity contribution is 9.10. The Morgan fingerprint density at radius 3 is 1.11 bits per heavy atom. The normalized spacial score (nSPS) is 16.8. The van der Waals surface area contributed by atoms with Gasteiger partial charge in [0.15, 0.2) is 5.82 Å². The molecule has 4 amide bonds. The fraction of sp³-hybridized carbons (Fsp3) is 0.656. The molecule has 0 aliphatic carbocycles. The molecule has 0 radical (unpaired) electrons. The minimum Gasteiger partial charge on any atom is -0.443 e. The summed E-state index contributed by atoms with van der Waals surface area (Å²) in [5.41, 5.74) is -1.89. The molecule has 0 aromatic carbocycles. The van der Waals surface area contributed by atoms with Gasteiger partial charge in [0.1, 0.15) is 39.5 Å². The van der Waals surface area contributed by atoms with Crippen LogP contribution in [0, 0.1) is 0 Å². The number of nitrogen functional groups attached to an aromatic ring is 1. The first-order valence-corrected chi connectivity index (χ1v) is 34.3. The molecule has 33 nitrogen and oxygen atoms in total. The summed E-state index contributed by atoms with van der Waals surface area (Å²) in [6.45, 7) is 36.6. The van der Waals surface area contributed by atoms with Crippen molar-refractivity contribution in [3.05, 3.63) is 45.4 Å². The highest BCUT2D eigenvalue weighted by atomic mass is 79.9. The summed E-state index contributed by atoms with van der Waals surface area (Å²) in [6.07, 6.45) is -10.1. The summed E-state index contributed by atoms with van der Waals surface area (Å²) in [5, 5.41) is 0.234. The van der Waals surface area contributed by atoms with Crippen LogP contribution in [0.1, 0.15) is 155 Å². The first kappa shape index (κ1) is 86.8. The number of nitrogens with two attached hydrogens (primary N) is 1. The summed E-state index contributed by atoms with van der Waals surface area (Å²) in [6, 6.07) is 0. The maximum absolute atomic E-state index is 14.0. The van der Waals surface area contributed by atoms with Gasteiger partial charge in [-0.1, -0.05) is 7.43 Å². The number of hydrogen-bond acceptors (Lipinski definition) is 31. The van der Waals surface area contributed by atoms with E-state index >= 15 is 0 Å². The number of anilines is 7. The number of amides is 4. The number of morpholine rings is 4. The second-order valence-electron chi connectivity index (χ2n) is 28.4. The number of ether oxygens (including phenoxy) is 8. The van der Waals surface area contributed by atoms with Crippen molar-refractivity contribution < 1.29 is 92.7 Å². The molecule has 5 saturated heterocycles. The number of rotatable bonds is 11. The fourth-order valence-corrected chi connectivity index (χ4v) is 9.85. The highest BCUT2D eigenvalue weighted by Gasteiger charge is 2.53. The molecule has 106 heavy (non-hydrogen) atoms. The minimum atomic E-state index is -3.07. The number of imide groups is 2. The monoisotopic (exact) mass is 1590 g/mol. The van der Waals surface area contributed by atoms with E-state index in [1.54, 1.807) is 111 Å². The lowest BCUT2D eigenvalue weighted by Gasteiger charge is -2.32. The Balaban J connectivity index is 0.000000224. The maximum Gasteiger partial charge on any atom is 0.498 e. The Bertz CT molecular complexity index is 3640. The standard InChI is InChI=1S/C21H32BF2N3O6.C16H20F2N8O2.C15H20BrF2N3O4.C11H16ClN5O2.CH4/c1-18(2,3)30-16(28)27(17(29)31-19(4,5)6)15-25-11-12(13(26-15)14(23)24)22-32-20(7,8)21(9,10)33-22;17-12(18)11-10(9-20-14(19)21-11)13-22-15(25-1-5-27-6-2-25)24-16(23-13)26-3-7-28-8-4-26;1-14(2,3)24-12(22)21(13(23)25-15(4,5)6)11-19-7-8(16)9(20-11)10(17)18;12-9-13-10(16-1-5-18-6-2-16)15-11(14-9)17-3-7-19-8-4-17;/h11,14H,1-10H3;9,12H,1-8H2,(H2,19,20,21);7,10H,1-6H3;1-8H2;1H4. The predicted molar refractivity (Wildman–Crippen MR) is 381 cm³/mol. The van der Waals surface area contributed by atoms with Crippen molar-refractivity contribution >= 4 is 106 Å². The zero-order valence-electron chi connectivity index (χ0n) is 61.2. The van der Waals surface area contributed by atoms with Gasteiger partial charge in [0, 0.05) is 76.4 Å². The summed E-state index contributed by atoms with van der Waals surface area (Å²) < 4.78 is 135. The summed E-state index contributed by atoms with van der Waals surface area (Å²) in [4.78, 5) is 108. The lowest BCUT2D eigenvalue weighted by molar-refractivity contribution is 0.00578. The molecule has 0 unspecified atom stereocenters. The molecule has 0 saturated carbocycles. The zero-order chi connectivity index (χ0) is 77.7. The number of carbonyl (C=O) groups excluding carboxylic acids is 4. The third kappa shape index (κ3) is 25.0. The summed E-state index contributed by atoms with van der Waals surface area (Å²) in [5.74, 6) is 0.757. The lowest BCUT2D eigenvalue weighted by atomic mass is 9.79. The zero-order valence-corrected chi connectivity index (χ0v) is 63.6. The van der Waals surface area contributed by atoms with E-state index < -0.39 is 113 Å². The molecule has 5 aromatic rings. The van der Waals surface area contributed by atoms with Gasteiger partial charge in [-0.15, -0.1) is 9.80 Å². The van der Waals surface area contributed by atoms with Crippen LogP contribution in [0.5, 0.6) is 0 Å². The predicted octanol–water partition coefficient (Wildman–Crippen LogP) is 10.6. The molecule has 5 aliphatic rings. The maximum atomic E-state index is 14.0. The Morgan fingerprint density at radius 1 is 0.481 bits per heavy atom. The Kier molecular flexibility index (Phi) is 30.0. The van der Waals surface area contributed by atoms with Crippen molar-refractivity contribution in [1.82, 2.24) is 59.8 Å². The van der Waals surface area contributed by atoms with E-state index in [-0.39, 0.29) is 40.0 Å². The molecule has 0 spiro atoms. The topological polar surface area (TPSA) is 361 Å². The second kappa shape index (κ2) is 36.7. The SMILES string of the molecule is C.CC(C)(C)OC(=O)N(C(=O)OC(C)(C)C)c1ncc(B2OC(C)(C)C(C)(C)O2)c(C(F)F)n1.CC(C)(C)OC(=O)N(C(=O)OC(C)(C)C)c1ncc(Br)c(C(F)F)n1.Clc1nc(N2CCOCC2)nc(N2CCOCC2)n1.Nc1ncc(-c2nc(N3CCOCC3)nc(N3CCOCC3)n2)c(C(F)F)n1. The van der Waals surface area contributed by atoms with Crippen LogP contribution in [0.4, 0.5) is 87.2 Å². The first-order chi connectivity index (χ1) is 48.9. The average molecular weight is 1590 g/mol. The van der Waals surface area contributed by atoms with Crippen LogP contribution >= 0.6 is 27.5 Å². The average Bonchev–Trinajstić information content (AvgIpc) is 1.59. The molecule has 0 bridgehead atoms. The van der Waals surface area contributed by atoms with Gasteiger partial charge in [-0.25, -0.2) is 75.4 Å². The highest BCUT2D eigenvalue weighted by Crippen LogP contribution is 2.38. The third-order valence-electron chi connectivity index (χ3n) is 14.9. The van der Waals surface area contributed by atoms with Gasteiger partial charge in [-0.05, 0) is 138 Å². The van der Waals surface area contributed by atoms with Crippen LogP contribution in [-0.2, 0) is 47.2 Å². The van der Waals surface area contributed by atoms with Crippen LogP contribution in [0.3, 0.4) is 0 Å². The van der Waals surface area contributed by atoms with E-state index in [0.29, 0.717) is 113 Å². The fourth-order valence-electron chi connectivity index (χ4n) is 9.34. The van der Waals surface area contributed by atoms with Crippen molar-refractivity contribution in [3.63, 3.8) is 0 Å². The van der Waals surface area contributed by atoms with Gasteiger partial charge in [-0.3, -0.25) is 0 Å². The number of carbonyl (C=O) groups is 4. The van der Waals surface area contributed by atoms with Crippen LogP contribution in [0.25, 0.3) is 11.4 Å². The van der Waals surface area contributed by atoms with Crippen molar-refractivity contribution in [3.8, 4) is 11.4 Å². The van der Waals surface area contributed by atoms with E-state index in [1.807, 2.05) is 9.80 Å². The molecule has 0 atom stereocenters. The molecular formula is C64H92BBrClF6N19O14. The van der Waals surface area contributed by atoms with Crippen LogP contribution < -0.4 is 40.6 Å². The first-order valence-electron chi connectivity index (χ1n) is 33.1. The van der Waals surface area contributed by atoms with Crippen molar-refractivity contribution in [2.75, 3.05) is 140 Å². The van der Waals surface area contributed by atoms with E-state index in [9.17, 15) is 45.5 Å². The molecule has 10 rings (SSSR count). The largest absolute Gasteiger partial charge is 0.498 e. The third-order valence-corrected chi connectivity index (χ3v) is 15.7. The van der Waals surface area contributed by atoms with E-state index in [4.69, 9.17) is 64.5 Å². The Morgan fingerprint density at radius 2 is 0.792 bits per heavy atom. The lowest BCUT2D eigenvalue weighted by Crippen LogP contribution is -2.45. The smallest absolute Gasteiger partial charge is 0.443 e. The molecule has 10 heterocycles. The van der Waals surface area contributed by atoms with E-state index in [2.05, 4.69) is 85.5 Å². The second-order valence-corrected chi connectivity index (χ2v) is 29.6. The summed E-state index contributed by atoms with van der Waals surface area (Å²) >= 11 is 8.91. The Hall–Kier alpha value is -8.09. The molecule has 2 N–H and O–H groups in total. The van der Waals surface area contributed by atoms with E-state index in [1.165, 1.54) is 6.20 Å². The molecule has 586 valence electrons. The van der Waals surface area contributed by atoms with Gasteiger partial charge >= 0.3 is 31.5 Å². The summed E-state index contributed by atoms with van der Waals surface area (Å²) in [7, 11) is -1.16. The molecule has 5 aliphatic heterocycles.